The van der Waals surface area contributed by atoms with Crippen molar-refractivity contribution >= 4 is 71.3 Å². The Morgan fingerprint density at radius 3 is 2.00 bits per heavy atom. The molecule has 0 fully saturated rings. The van der Waals surface area contributed by atoms with Gasteiger partial charge in [0, 0.05) is 5.75 Å². The van der Waals surface area contributed by atoms with Crippen LogP contribution in [0.15, 0.2) is 0 Å². The van der Waals surface area contributed by atoms with Gasteiger partial charge in [0.05, 0.1) is 0 Å². The van der Waals surface area contributed by atoms with Gasteiger partial charge in [0.2, 0.25) is 0 Å². The summed E-state index contributed by atoms with van der Waals surface area (Å²) in [6.07, 6.45) is 0. The molecule has 0 aromatic rings. The van der Waals surface area contributed by atoms with E-state index in [1.165, 1.54) is 0 Å². The molecule has 0 aliphatic carbocycles. The molecule has 0 spiro atoms. The fraction of sp³-hybridized carbons (Fsp3) is 1.00. The van der Waals surface area contributed by atoms with Crippen LogP contribution in [0.25, 0.3) is 0 Å². The van der Waals surface area contributed by atoms with Crippen molar-refractivity contribution in [3.05, 3.63) is 0 Å². The molecule has 0 saturated heterocycles. The Hall–Kier alpha value is 1.90. The summed E-state index contributed by atoms with van der Waals surface area (Å²) in [7, 11) is -3.24. The minimum atomic E-state index is -3.76. The molecular formula is C2H7KO3S2. The van der Waals surface area contributed by atoms with Crippen LogP contribution in [0.2, 0.25) is 0 Å². The van der Waals surface area contributed by atoms with Crippen molar-refractivity contribution in [3.63, 3.8) is 0 Å². The van der Waals surface area contributed by atoms with Crippen LogP contribution in [0.5, 0.6) is 0 Å². The van der Waals surface area contributed by atoms with Gasteiger partial charge in [-0.2, -0.15) is 8.42 Å². The average Bonchev–Trinajstić information content (AvgIpc) is 1.30. The standard InChI is InChI=1S/C2H6O3S2.K.H/c1-2-6-7(3,4)5;;/h2H2,1H3,(H,3,4,5);;. The Kier molecular flexibility index (Phi) is 8.89. The quantitative estimate of drug-likeness (QED) is 0.368. The predicted molar refractivity (Wildman–Crippen MR) is 36.8 cm³/mol. The Bertz CT molecular complexity index is 128. The van der Waals surface area contributed by atoms with Crippen molar-refractivity contribution in [3.8, 4) is 0 Å². The van der Waals surface area contributed by atoms with Crippen LogP contribution >= 0.6 is 10.8 Å². The summed E-state index contributed by atoms with van der Waals surface area (Å²) in [6, 6.07) is 0. The molecular weight excluding hydrogens is 175 g/mol. The summed E-state index contributed by atoms with van der Waals surface area (Å²) in [5, 5.41) is 0. The van der Waals surface area contributed by atoms with Gasteiger partial charge in [0.1, 0.15) is 0 Å². The van der Waals surface area contributed by atoms with E-state index in [1.54, 1.807) is 6.92 Å². The summed E-state index contributed by atoms with van der Waals surface area (Å²) in [6.45, 7) is 1.65. The van der Waals surface area contributed by atoms with E-state index in [0.29, 0.717) is 16.5 Å². The van der Waals surface area contributed by atoms with Crippen LogP contribution in [0.4, 0.5) is 0 Å². The zero-order valence-corrected chi connectivity index (χ0v) is 5.42. The second kappa shape index (κ2) is 5.66. The van der Waals surface area contributed by atoms with Crippen LogP contribution < -0.4 is 0 Å². The molecule has 6 heteroatoms. The van der Waals surface area contributed by atoms with Gasteiger partial charge in [-0.15, -0.1) is 0 Å². The van der Waals surface area contributed by atoms with Crippen molar-refractivity contribution in [2.24, 2.45) is 0 Å². The van der Waals surface area contributed by atoms with E-state index in [9.17, 15) is 8.42 Å². The number of rotatable bonds is 2. The molecule has 0 atom stereocenters. The molecule has 0 bridgehead atoms. The molecule has 0 aromatic carbocycles. The summed E-state index contributed by atoms with van der Waals surface area (Å²) in [5.41, 5.74) is 0. The van der Waals surface area contributed by atoms with Crippen molar-refractivity contribution in [2.45, 2.75) is 6.92 Å². The van der Waals surface area contributed by atoms with Crippen molar-refractivity contribution < 1.29 is 13.0 Å². The molecule has 0 radical (unpaired) electrons. The first-order chi connectivity index (χ1) is 3.06. The first kappa shape index (κ1) is 12.6. The van der Waals surface area contributed by atoms with Gasteiger partial charge in [-0.1, -0.05) is 6.92 Å². The second-order valence-corrected chi connectivity index (χ2v) is 4.47. The maximum atomic E-state index is 9.75. The van der Waals surface area contributed by atoms with Gasteiger partial charge in [0.25, 0.3) is 0 Å². The molecule has 8 heavy (non-hydrogen) atoms. The summed E-state index contributed by atoms with van der Waals surface area (Å²) in [4.78, 5) is 0. The van der Waals surface area contributed by atoms with Crippen LogP contribution in [0.1, 0.15) is 6.92 Å². The molecule has 3 nitrogen and oxygen atoms in total. The number of hydrogen-bond donors (Lipinski definition) is 1. The van der Waals surface area contributed by atoms with Gasteiger partial charge >= 0.3 is 60.5 Å². The number of hydrogen-bond acceptors (Lipinski definition) is 3. The van der Waals surface area contributed by atoms with E-state index >= 15 is 0 Å². The zero-order valence-electron chi connectivity index (χ0n) is 3.79. The molecule has 0 aromatic heterocycles. The Labute approximate surface area is 95.2 Å². The maximum absolute atomic E-state index is 9.75. The van der Waals surface area contributed by atoms with Crippen molar-refractivity contribution in [2.75, 3.05) is 5.75 Å². The van der Waals surface area contributed by atoms with Crippen molar-refractivity contribution in [1.82, 2.24) is 0 Å². The molecule has 0 unspecified atom stereocenters. The Morgan fingerprint density at radius 1 is 1.62 bits per heavy atom. The van der Waals surface area contributed by atoms with Crippen LogP contribution in [0.3, 0.4) is 0 Å². The average molecular weight is 182 g/mol. The molecule has 0 aliphatic rings. The van der Waals surface area contributed by atoms with Crippen LogP contribution in [-0.4, -0.2) is 70.1 Å². The fourth-order valence-electron chi connectivity index (χ4n) is 0.149. The molecule has 0 amide bonds. The van der Waals surface area contributed by atoms with E-state index in [4.69, 9.17) is 4.55 Å². The Morgan fingerprint density at radius 2 is 2.00 bits per heavy atom. The van der Waals surface area contributed by atoms with Crippen LogP contribution in [0, 0.1) is 0 Å². The van der Waals surface area contributed by atoms with Crippen LogP contribution in [-0.2, 0) is 9.15 Å². The summed E-state index contributed by atoms with van der Waals surface area (Å²) < 4.78 is 27.5. The van der Waals surface area contributed by atoms with E-state index in [1.807, 2.05) is 0 Å². The molecule has 0 saturated carbocycles. The van der Waals surface area contributed by atoms with E-state index < -0.39 is 9.15 Å². The third-order valence-corrected chi connectivity index (χ3v) is 2.40. The molecule has 0 aliphatic heterocycles. The summed E-state index contributed by atoms with van der Waals surface area (Å²) in [5.74, 6) is 0.388. The van der Waals surface area contributed by atoms with Gasteiger partial charge in [-0.05, 0) is 10.8 Å². The first-order valence-electron chi connectivity index (χ1n) is 1.68. The first-order valence-corrected chi connectivity index (χ1v) is 4.62. The normalized spacial score (nSPS) is 10.2. The predicted octanol–water partition coefficient (Wildman–Crippen LogP) is -0.106. The molecule has 0 rings (SSSR count). The topological polar surface area (TPSA) is 54.4 Å². The van der Waals surface area contributed by atoms with Gasteiger partial charge in [-0.3, -0.25) is 4.55 Å². The fourth-order valence-corrected chi connectivity index (χ4v) is 1.34. The van der Waals surface area contributed by atoms with E-state index in [0.717, 1.165) is 0 Å². The third-order valence-electron chi connectivity index (χ3n) is 0.267. The van der Waals surface area contributed by atoms with Crippen molar-refractivity contribution in [1.29, 1.82) is 0 Å². The Balaban J connectivity index is 0. The second-order valence-electron chi connectivity index (χ2n) is 0.834. The van der Waals surface area contributed by atoms with Gasteiger partial charge < -0.3 is 0 Å². The van der Waals surface area contributed by atoms with Gasteiger partial charge in [0.15, 0.2) is 0 Å². The van der Waals surface area contributed by atoms with Gasteiger partial charge in [-0.25, -0.2) is 0 Å². The molecule has 0 heterocycles. The third kappa shape index (κ3) is 10.8. The molecule has 46 valence electrons. The zero-order chi connectivity index (χ0) is 5.91. The van der Waals surface area contributed by atoms with E-state index in [-0.39, 0.29) is 51.4 Å². The SMILES string of the molecule is CCSS(=O)(=O)O.[KH]. The monoisotopic (exact) mass is 182 g/mol. The molecule has 1 N–H and O–H groups in total. The van der Waals surface area contributed by atoms with E-state index in [2.05, 4.69) is 0 Å². The minimum absolute atomic E-state index is 0. The summed E-state index contributed by atoms with van der Waals surface area (Å²) >= 11 is 0.